The van der Waals surface area contributed by atoms with Gasteiger partial charge in [-0.3, -0.25) is 14.1 Å². The first kappa shape index (κ1) is 43.0. The molecule has 2 aromatic heterocycles. The summed E-state index contributed by atoms with van der Waals surface area (Å²) in [4.78, 5) is 55.7. The van der Waals surface area contributed by atoms with Crippen molar-refractivity contribution in [1.82, 2.24) is 20.0 Å². The van der Waals surface area contributed by atoms with Crippen molar-refractivity contribution in [2.45, 2.75) is 57.6 Å². The number of nitrogens with one attached hydrogen (secondary N) is 1. The summed E-state index contributed by atoms with van der Waals surface area (Å²) in [5.41, 5.74) is 12.3. The molecule has 3 aromatic rings. The van der Waals surface area contributed by atoms with Gasteiger partial charge in [-0.15, -0.1) is 20.3 Å². The Kier molecular flexibility index (Phi) is 13.7. The van der Waals surface area contributed by atoms with Gasteiger partial charge in [0, 0.05) is 23.4 Å². The summed E-state index contributed by atoms with van der Waals surface area (Å²) < 4.78 is 76.8. The standard InChI is InChI=1S/C27H34N8O10S2.C2HF3O2/c1-15-12-19(34(33(15)4)11-5-10-28)16-6-8-17(9-7-16)43-13-20(25(38)39)44-32-21(18-14-46-26(29)30-18)23(36)31-22-24(37)35(27(22,2)3)45-47(40,41)42;3-2(4,5)1(6)7/h6-9,12,14,20,22H,5,10-11,13,28H2,1-4H3,(H4-,29,30,31,36,38,39,40,41,42);(H,6,7)/b32-21-;/t20-,22+;/m0./s1. The number of anilines is 1. The normalized spacial score (nSPS) is 16.1. The lowest BCUT2D eigenvalue weighted by Crippen LogP contribution is -2.76. The van der Waals surface area contributed by atoms with Crippen LogP contribution in [-0.2, 0) is 52.3 Å². The molecular weight excluding hydrogens is 773 g/mol. The Bertz CT molecular complexity index is 2000. The molecule has 0 radical (unpaired) electrons. The summed E-state index contributed by atoms with van der Waals surface area (Å²) in [6, 6.07) is 7.74. The van der Waals surface area contributed by atoms with Gasteiger partial charge >= 0.3 is 22.5 Å². The van der Waals surface area contributed by atoms with E-state index in [9.17, 15) is 41.1 Å². The van der Waals surface area contributed by atoms with Gasteiger partial charge in [-0.1, -0.05) is 5.16 Å². The average Bonchev–Trinajstić information content (AvgIpc) is 3.63. The summed E-state index contributed by atoms with van der Waals surface area (Å²) in [6.07, 6.45) is -6.07. The summed E-state index contributed by atoms with van der Waals surface area (Å²) in [7, 11) is -3.05. The highest BCUT2D eigenvalue weighted by Crippen LogP contribution is 2.33. The number of carboxylic acids is 2. The van der Waals surface area contributed by atoms with Crippen molar-refractivity contribution in [2.24, 2.45) is 17.9 Å². The third-order valence-corrected chi connectivity index (χ3v) is 8.51. The molecule has 1 saturated heterocycles. The van der Waals surface area contributed by atoms with Gasteiger partial charge in [0.15, 0.2) is 17.4 Å². The molecule has 2 atom stereocenters. The van der Waals surface area contributed by atoms with Crippen LogP contribution in [0.2, 0.25) is 0 Å². The van der Waals surface area contributed by atoms with E-state index in [1.54, 1.807) is 12.1 Å². The van der Waals surface area contributed by atoms with Crippen LogP contribution < -0.4 is 31.3 Å². The van der Waals surface area contributed by atoms with Crippen LogP contribution in [-0.4, -0.2) is 99.3 Å². The Labute approximate surface area is 308 Å². The van der Waals surface area contributed by atoms with Crippen LogP contribution in [0, 0.1) is 6.92 Å². The minimum absolute atomic E-state index is 0.0606. The maximum atomic E-state index is 13.2. The highest BCUT2D eigenvalue weighted by Gasteiger charge is 2.58. The zero-order valence-electron chi connectivity index (χ0n) is 28.8. The monoisotopic (exact) mass is 808 g/mol. The fourth-order valence-corrected chi connectivity index (χ4v) is 5.64. The first-order valence-electron chi connectivity index (χ1n) is 15.3. The molecule has 0 saturated carbocycles. The van der Waals surface area contributed by atoms with E-state index in [0.29, 0.717) is 17.4 Å². The average molecular weight is 809 g/mol. The number of halogens is 3. The molecule has 0 aliphatic carbocycles. The summed E-state index contributed by atoms with van der Waals surface area (Å²) >= 11 is 0.961. The van der Waals surface area contributed by atoms with Gasteiger partial charge in [-0.05, 0) is 51.6 Å². The first-order valence-corrected chi connectivity index (χ1v) is 17.5. The van der Waals surface area contributed by atoms with Crippen molar-refractivity contribution in [3.05, 3.63) is 47.1 Å². The smallest absolute Gasteiger partial charge is 0.430 e. The number of β-lactam (4-membered cyclic amide) rings is 1. The molecule has 0 unspecified atom stereocenters. The lowest BCUT2D eigenvalue weighted by Gasteiger charge is -2.50. The Morgan fingerprint density at radius 1 is 1.24 bits per heavy atom. The number of oxime groups is 1. The topological polar surface area (TPSA) is 295 Å². The van der Waals surface area contributed by atoms with Crippen molar-refractivity contribution >= 4 is 56.3 Å². The fraction of sp³-hybridized carbons (Fsp3) is 0.414. The molecule has 0 spiro atoms. The zero-order valence-corrected chi connectivity index (χ0v) is 30.4. The Morgan fingerprint density at radius 2 is 1.85 bits per heavy atom. The van der Waals surface area contributed by atoms with Crippen LogP contribution in [0.25, 0.3) is 11.3 Å². The van der Waals surface area contributed by atoms with Crippen molar-refractivity contribution in [1.29, 1.82) is 0 Å². The van der Waals surface area contributed by atoms with Crippen LogP contribution in [0.4, 0.5) is 18.3 Å². The number of thiazole rings is 1. The molecule has 4 rings (SSSR count). The number of aliphatic carboxylic acids is 2. The third kappa shape index (κ3) is 10.8. The number of nitrogen functional groups attached to an aromatic ring is 1. The van der Waals surface area contributed by atoms with E-state index in [2.05, 4.69) is 24.4 Å². The largest absolute Gasteiger partial charge is 0.542 e. The van der Waals surface area contributed by atoms with E-state index in [4.69, 9.17) is 35.5 Å². The number of alkyl halides is 3. The summed E-state index contributed by atoms with van der Waals surface area (Å²) in [5, 5.41) is 26.4. The van der Waals surface area contributed by atoms with Crippen molar-refractivity contribution in [2.75, 3.05) is 18.9 Å². The summed E-state index contributed by atoms with van der Waals surface area (Å²) in [6.45, 7) is 5.51. The first-order chi connectivity index (χ1) is 25.0. The number of carbonyl (C=O) groups excluding carboxylic acids is 3. The molecule has 7 N–H and O–H groups in total. The van der Waals surface area contributed by atoms with E-state index >= 15 is 0 Å². The summed E-state index contributed by atoms with van der Waals surface area (Å²) in [5.74, 6) is -6.12. The second-order valence-corrected chi connectivity index (χ2v) is 13.6. The van der Waals surface area contributed by atoms with Gasteiger partial charge in [-0.2, -0.15) is 31.3 Å². The van der Waals surface area contributed by atoms with Gasteiger partial charge < -0.3 is 41.4 Å². The number of nitrogens with two attached hydrogens (primary N) is 2. The molecule has 54 heavy (non-hydrogen) atoms. The number of hydrogen-bond acceptors (Lipinski definition) is 15. The number of amides is 2. The molecule has 1 fully saturated rings. The lowest BCUT2D eigenvalue weighted by molar-refractivity contribution is -0.764. The quantitative estimate of drug-likeness (QED) is 0.0407. The number of hydrogen-bond donors (Lipinski definition) is 5. The number of carboxylic acid groups (broad SMARTS) is 2. The Hall–Kier alpha value is -5.37. The lowest BCUT2D eigenvalue weighted by atomic mass is 9.84. The molecule has 296 valence electrons. The molecule has 0 bridgehead atoms. The number of hydroxylamine groups is 2. The maximum absolute atomic E-state index is 13.2. The molecule has 2 amide bonds. The highest BCUT2D eigenvalue weighted by molar-refractivity contribution is 7.80. The van der Waals surface area contributed by atoms with Crippen LogP contribution in [0.1, 0.15) is 31.7 Å². The minimum atomic E-state index is -5.19. The Balaban J connectivity index is 0.00000102. The van der Waals surface area contributed by atoms with Crippen molar-refractivity contribution in [3.8, 4) is 17.0 Å². The van der Waals surface area contributed by atoms with Gasteiger partial charge in [0.1, 0.15) is 30.1 Å². The van der Waals surface area contributed by atoms with Crippen LogP contribution >= 0.6 is 11.3 Å². The zero-order chi connectivity index (χ0) is 40.8. The maximum Gasteiger partial charge on any atom is 0.430 e. The highest BCUT2D eigenvalue weighted by atomic mass is 32.3. The van der Waals surface area contributed by atoms with Crippen LogP contribution in [0.15, 0.2) is 40.9 Å². The van der Waals surface area contributed by atoms with Gasteiger partial charge in [0.25, 0.3) is 17.9 Å². The van der Waals surface area contributed by atoms with E-state index in [1.165, 1.54) is 19.2 Å². The molecule has 1 aromatic carbocycles. The number of nitrogens with zero attached hydrogens (tertiary/aromatic N) is 5. The molecule has 25 heteroatoms. The predicted molar refractivity (Wildman–Crippen MR) is 177 cm³/mol. The number of ether oxygens (including phenoxy) is 1. The number of rotatable bonds is 15. The minimum Gasteiger partial charge on any atom is -0.542 e. The second kappa shape index (κ2) is 17.2. The number of aromatic nitrogens is 3. The van der Waals surface area contributed by atoms with Gasteiger partial charge in [-0.25, -0.2) is 9.78 Å². The SMILES string of the molecule is Cc1cc(-c2ccc(OC[C@H](O/N=C(\C(=O)N[C@@H]3C(=O)N(OS(=O)(=O)O)C3(C)C)c3csc(N)n3)C(=O)O)cc2)[n+](CCCN)n1C.O=C([O-])C(F)(F)F. The second-order valence-electron chi connectivity index (χ2n) is 11.7. The van der Waals surface area contributed by atoms with Crippen LogP contribution in [0.3, 0.4) is 0 Å². The van der Waals surface area contributed by atoms with Crippen molar-refractivity contribution in [3.63, 3.8) is 0 Å². The van der Waals surface area contributed by atoms with Gasteiger partial charge in [0.2, 0.25) is 5.69 Å². The molecule has 1 aliphatic rings. The number of aryl methyl sites for hydroxylation is 1. The van der Waals surface area contributed by atoms with E-state index in [0.717, 1.165) is 41.3 Å². The van der Waals surface area contributed by atoms with Crippen LogP contribution in [0.5, 0.6) is 5.75 Å². The Morgan fingerprint density at radius 3 is 2.33 bits per heavy atom. The van der Waals surface area contributed by atoms with Crippen molar-refractivity contribution < 1.29 is 74.1 Å². The predicted octanol–water partition coefficient (Wildman–Crippen LogP) is -0.933. The van der Waals surface area contributed by atoms with Gasteiger partial charge in [0.05, 0.1) is 18.3 Å². The fourth-order valence-electron chi connectivity index (χ4n) is 4.64. The van der Waals surface area contributed by atoms with E-state index < -0.39 is 70.3 Å². The van der Waals surface area contributed by atoms with E-state index in [1.807, 2.05) is 36.9 Å². The molecule has 1 aliphatic heterocycles. The third-order valence-electron chi connectivity index (χ3n) is 7.50. The molecule has 3 heterocycles. The molecular formula is C29H35F3N8O12S2. The molecule has 20 nitrogen and oxygen atoms in total. The number of benzene rings is 1. The van der Waals surface area contributed by atoms with E-state index in [-0.39, 0.29) is 10.8 Å². The number of carbonyl (C=O) groups is 4.